The zero-order chi connectivity index (χ0) is 15.9. The number of amides is 2. The van der Waals surface area contributed by atoms with E-state index in [2.05, 4.69) is 26.6 Å². The molecule has 0 saturated heterocycles. The lowest BCUT2D eigenvalue weighted by molar-refractivity contribution is 0.255. The van der Waals surface area contributed by atoms with Gasteiger partial charge in [0.25, 0.3) is 0 Å². The molecule has 0 aromatic heterocycles. The Morgan fingerprint density at radius 2 is 2.05 bits per heavy atom. The lowest BCUT2D eigenvalue weighted by Crippen LogP contribution is -2.23. The number of methoxy groups -OCH3 is 1. The number of carbonyl (C=O) groups is 1. The van der Waals surface area contributed by atoms with Crippen LogP contribution in [0, 0.1) is 6.92 Å². The molecule has 0 fully saturated rings. The Morgan fingerprint density at radius 1 is 1.23 bits per heavy atom. The van der Waals surface area contributed by atoms with E-state index in [-0.39, 0.29) is 6.03 Å². The summed E-state index contributed by atoms with van der Waals surface area (Å²) in [5.41, 5.74) is 2.75. The van der Waals surface area contributed by atoms with Crippen LogP contribution in [0.15, 0.2) is 53.1 Å². The van der Waals surface area contributed by atoms with Crippen LogP contribution < -0.4 is 15.4 Å². The van der Waals surface area contributed by atoms with Gasteiger partial charge in [0.2, 0.25) is 0 Å². The van der Waals surface area contributed by atoms with Crippen molar-refractivity contribution in [1.29, 1.82) is 0 Å². The van der Waals surface area contributed by atoms with Crippen molar-refractivity contribution in [1.82, 2.24) is 5.32 Å². The van der Waals surface area contributed by atoms with Crippen LogP contribution in [-0.4, -0.2) is 13.1 Å². The van der Waals surface area contributed by atoms with Gasteiger partial charge in [-0.25, -0.2) is 4.79 Å². The molecule has 2 N–H and O–H groups in total. The first-order chi connectivity index (χ1) is 10.6. The molecule has 2 aromatic carbocycles. The third-order valence-corrected chi connectivity index (χ3v) is 3.89. The van der Waals surface area contributed by atoms with E-state index in [0.29, 0.717) is 0 Å². The molecule has 0 bridgehead atoms. The third-order valence-electron chi connectivity index (χ3n) is 3.00. The monoisotopic (exact) mass is 360 g/mol. The molecule has 0 unspecified atom stereocenters. The number of carbonyl (C=O) groups excluding carboxylic acids is 1. The van der Waals surface area contributed by atoms with Crippen molar-refractivity contribution in [2.75, 3.05) is 12.4 Å². The number of rotatable bonds is 4. The molecule has 2 aromatic rings. The fourth-order valence-electron chi connectivity index (χ4n) is 1.85. The molecule has 22 heavy (non-hydrogen) atoms. The Bertz CT molecular complexity index is 699. The Labute approximate surface area is 138 Å². The van der Waals surface area contributed by atoms with Crippen molar-refractivity contribution < 1.29 is 9.53 Å². The average Bonchev–Trinajstić information content (AvgIpc) is 2.51. The lowest BCUT2D eigenvalue weighted by atomic mass is 10.2. The number of hydrogen-bond acceptors (Lipinski definition) is 2. The van der Waals surface area contributed by atoms with Crippen LogP contribution in [0.1, 0.15) is 11.1 Å². The summed E-state index contributed by atoms with van der Waals surface area (Å²) < 4.78 is 6.16. The van der Waals surface area contributed by atoms with Gasteiger partial charge in [-0.05, 0) is 54.5 Å². The second-order valence-electron chi connectivity index (χ2n) is 4.67. The summed E-state index contributed by atoms with van der Waals surface area (Å²) >= 11 is 3.43. The van der Waals surface area contributed by atoms with Gasteiger partial charge in [0.15, 0.2) is 0 Å². The maximum Gasteiger partial charge on any atom is 0.323 e. The van der Waals surface area contributed by atoms with Gasteiger partial charge in [-0.1, -0.05) is 28.1 Å². The molecule has 0 radical (unpaired) electrons. The molecular weight excluding hydrogens is 344 g/mol. The molecule has 0 aliphatic carbocycles. The van der Waals surface area contributed by atoms with Gasteiger partial charge in [-0.15, -0.1) is 0 Å². The first-order valence-electron chi connectivity index (χ1n) is 6.73. The standard InChI is InChI=1S/C17H17BrN2O2/c1-12-10-14(6-7-16(12)18)20-17(21)19-9-8-13-4-3-5-15(11-13)22-2/h3-11H,1-2H3,(H2,19,20,21)/b9-8+. The molecule has 0 heterocycles. The van der Waals surface area contributed by atoms with Gasteiger partial charge in [0.05, 0.1) is 7.11 Å². The van der Waals surface area contributed by atoms with E-state index in [1.165, 1.54) is 0 Å². The van der Waals surface area contributed by atoms with E-state index >= 15 is 0 Å². The van der Waals surface area contributed by atoms with Crippen LogP contribution in [-0.2, 0) is 0 Å². The second-order valence-corrected chi connectivity index (χ2v) is 5.53. The molecule has 2 amide bonds. The summed E-state index contributed by atoms with van der Waals surface area (Å²) in [4.78, 5) is 11.8. The highest BCUT2D eigenvalue weighted by atomic mass is 79.9. The fourth-order valence-corrected chi connectivity index (χ4v) is 2.10. The van der Waals surface area contributed by atoms with Gasteiger partial charge < -0.3 is 15.4 Å². The zero-order valence-corrected chi connectivity index (χ0v) is 14.0. The van der Waals surface area contributed by atoms with Gasteiger partial charge in [0, 0.05) is 16.4 Å². The third kappa shape index (κ3) is 4.63. The van der Waals surface area contributed by atoms with Crippen LogP contribution in [0.5, 0.6) is 5.75 Å². The summed E-state index contributed by atoms with van der Waals surface area (Å²) in [6.45, 7) is 1.97. The van der Waals surface area contributed by atoms with Crippen LogP contribution in [0.4, 0.5) is 10.5 Å². The Morgan fingerprint density at radius 3 is 2.77 bits per heavy atom. The summed E-state index contributed by atoms with van der Waals surface area (Å²) in [7, 11) is 1.62. The average molecular weight is 361 g/mol. The number of anilines is 1. The van der Waals surface area contributed by atoms with Crippen molar-refractivity contribution in [3.05, 3.63) is 64.3 Å². The highest BCUT2D eigenvalue weighted by Crippen LogP contribution is 2.19. The minimum absolute atomic E-state index is 0.291. The quantitative estimate of drug-likeness (QED) is 0.839. The van der Waals surface area contributed by atoms with Crippen LogP contribution in [0.2, 0.25) is 0 Å². The minimum Gasteiger partial charge on any atom is -0.497 e. The molecule has 0 saturated carbocycles. The Kier molecular flexibility index (Phi) is 5.61. The number of aryl methyl sites for hydroxylation is 1. The van der Waals surface area contributed by atoms with Crippen molar-refractivity contribution in [2.24, 2.45) is 0 Å². The maximum absolute atomic E-state index is 11.8. The van der Waals surface area contributed by atoms with E-state index in [1.54, 1.807) is 19.4 Å². The summed E-state index contributed by atoms with van der Waals surface area (Å²) in [5, 5.41) is 5.44. The predicted octanol–water partition coefficient (Wildman–Crippen LogP) is 4.56. The lowest BCUT2D eigenvalue weighted by Gasteiger charge is -2.06. The predicted molar refractivity (Wildman–Crippen MR) is 93.1 cm³/mol. The van der Waals surface area contributed by atoms with Gasteiger partial charge in [-0.2, -0.15) is 0 Å². The van der Waals surface area contributed by atoms with Gasteiger partial charge in [-0.3, -0.25) is 0 Å². The molecule has 114 valence electrons. The molecule has 0 atom stereocenters. The molecule has 0 aliphatic rings. The zero-order valence-electron chi connectivity index (χ0n) is 12.4. The normalized spacial score (nSPS) is 10.5. The molecule has 0 spiro atoms. The van der Waals surface area contributed by atoms with E-state index in [0.717, 1.165) is 27.0 Å². The van der Waals surface area contributed by atoms with E-state index in [4.69, 9.17) is 4.74 Å². The summed E-state index contributed by atoms with van der Waals surface area (Å²) in [6.07, 6.45) is 3.39. The van der Waals surface area contributed by atoms with Crippen molar-refractivity contribution in [3.63, 3.8) is 0 Å². The number of halogens is 1. The minimum atomic E-state index is -0.291. The highest BCUT2D eigenvalue weighted by molar-refractivity contribution is 9.10. The fraction of sp³-hybridized carbons (Fsp3) is 0.118. The smallest absolute Gasteiger partial charge is 0.323 e. The van der Waals surface area contributed by atoms with E-state index in [1.807, 2.05) is 49.4 Å². The number of urea groups is 1. The first kappa shape index (κ1) is 16.1. The Balaban J connectivity index is 1.91. The largest absolute Gasteiger partial charge is 0.497 e. The van der Waals surface area contributed by atoms with Crippen LogP contribution in [0.3, 0.4) is 0 Å². The number of ether oxygens (including phenoxy) is 1. The number of nitrogens with one attached hydrogen (secondary N) is 2. The molecule has 2 rings (SSSR count). The van der Waals surface area contributed by atoms with Gasteiger partial charge in [0.1, 0.15) is 5.75 Å². The first-order valence-corrected chi connectivity index (χ1v) is 7.52. The summed E-state index contributed by atoms with van der Waals surface area (Å²) in [5.74, 6) is 0.775. The molecule has 4 nitrogen and oxygen atoms in total. The van der Waals surface area contributed by atoms with Crippen molar-refractivity contribution in [2.45, 2.75) is 6.92 Å². The topological polar surface area (TPSA) is 50.4 Å². The van der Waals surface area contributed by atoms with Crippen molar-refractivity contribution >= 4 is 33.7 Å². The second kappa shape index (κ2) is 7.66. The Hall–Kier alpha value is -2.27. The van der Waals surface area contributed by atoms with Gasteiger partial charge >= 0.3 is 6.03 Å². The van der Waals surface area contributed by atoms with Crippen LogP contribution >= 0.6 is 15.9 Å². The SMILES string of the molecule is COc1cccc(/C=C/NC(=O)Nc2ccc(Br)c(C)c2)c1. The maximum atomic E-state index is 11.8. The molecule has 5 heteroatoms. The molecule has 0 aliphatic heterocycles. The van der Waals surface area contributed by atoms with Crippen molar-refractivity contribution in [3.8, 4) is 5.75 Å². The highest BCUT2D eigenvalue weighted by Gasteiger charge is 2.01. The number of benzene rings is 2. The molecular formula is C17H17BrN2O2. The van der Waals surface area contributed by atoms with Crippen LogP contribution in [0.25, 0.3) is 6.08 Å². The van der Waals surface area contributed by atoms with E-state index in [9.17, 15) is 4.79 Å². The summed E-state index contributed by atoms with van der Waals surface area (Å²) in [6, 6.07) is 12.9. The van der Waals surface area contributed by atoms with E-state index < -0.39 is 0 Å². The number of hydrogen-bond donors (Lipinski definition) is 2.